The number of carbonyl (C=O) groups is 1. The molecule has 1 aromatic heterocycles. The first-order valence-electron chi connectivity index (χ1n) is 12.3. The van der Waals surface area contributed by atoms with E-state index in [1.807, 2.05) is 4.90 Å². The maximum absolute atomic E-state index is 12.6. The van der Waals surface area contributed by atoms with Crippen LogP contribution in [0, 0.1) is 12.8 Å². The Kier molecular flexibility index (Phi) is 5.10. The highest BCUT2D eigenvalue weighted by Crippen LogP contribution is 2.50. The summed E-state index contributed by atoms with van der Waals surface area (Å²) >= 11 is 0. The number of rotatable bonds is 3. The number of piperidine rings is 1. The fraction of sp³-hybridized carbons (Fsp3) is 0.600. The number of nitrogens with zero attached hydrogens (tertiary/aromatic N) is 3. The summed E-state index contributed by atoms with van der Waals surface area (Å²) in [5.41, 5.74) is 3.88. The molecular formula is C25H33N5O3. The number of aryl methyl sites for hydroxylation is 1. The zero-order chi connectivity index (χ0) is 22.6. The van der Waals surface area contributed by atoms with Crippen LogP contribution in [0.15, 0.2) is 18.2 Å². The minimum atomic E-state index is -0.495. The molecule has 2 aromatic rings. The van der Waals surface area contributed by atoms with Crippen LogP contribution in [0.4, 0.5) is 4.79 Å². The lowest BCUT2D eigenvalue weighted by molar-refractivity contribution is -0.0112. The molecule has 0 radical (unpaired) electrons. The average Bonchev–Trinajstić information content (AvgIpc) is 3.59. The Morgan fingerprint density at radius 1 is 1.27 bits per heavy atom. The van der Waals surface area contributed by atoms with E-state index in [4.69, 9.17) is 14.5 Å². The SMILES string of the molecule is Cc1ccc2c(c1)OC1(CCN(C(=O)OCC3CC3)CC1)c1c-2nc(C2CNCCN2)n1C. The second-order valence-corrected chi connectivity index (χ2v) is 10.0. The first-order chi connectivity index (χ1) is 16.0. The van der Waals surface area contributed by atoms with Crippen LogP contribution in [-0.2, 0) is 17.4 Å². The summed E-state index contributed by atoms with van der Waals surface area (Å²) in [6, 6.07) is 6.53. The highest BCUT2D eigenvalue weighted by Gasteiger charge is 2.48. The minimum Gasteiger partial charge on any atom is -0.480 e. The van der Waals surface area contributed by atoms with Crippen LogP contribution in [0.5, 0.6) is 5.75 Å². The van der Waals surface area contributed by atoms with Crippen LogP contribution >= 0.6 is 0 Å². The van der Waals surface area contributed by atoms with Crippen LogP contribution in [0.3, 0.4) is 0 Å². The average molecular weight is 452 g/mol. The van der Waals surface area contributed by atoms with Gasteiger partial charge >= 0.3 is 6.09 Å². The van der Waals surface area contributed by atoms with Crippen LogP contribution in [-0.4, -0.2) is 59.9 Å². The van der Waals surface area contributed by atoms with Crippen molar-refractivity contribution >= 4 is 6.09 Å². The number of amides is 1. The summed E-state index contributed by atoms with van der Waals surface area (Å²) in [5, 5.41) is 7.08. The van der Waals surface area contributed by atoms with E-state index in [1.165, 1.54) is 18.4 Å². The number of hydrogen-bond donors (Lipinski definition) is 2. The van der Waals surface area contributed by atoms with Crippen molar-refractivity contribution in [2.45, 2.75) is 44.2 Å². The van der Waals surface area contributed by atoms with Gasteiger partial charge in [-0.1, -0.05) is 6.07 Å². The van der Waals surface area contributed by atoms with Crippen molar-refractivity contribution in [1.29, 1.82) is 0 Å². The number of benzene rings is 1. The summed E-state index contributed by atoms with van der Waals surface area (Å²) < 4.78 is 14.6. The lowest BCUT2D eigenvalue weighted by Gasteiger charge is -2.44. The third kappa shape index (κ3) is 3.69. The lowest BCUT2D eigenvalue weighted by Crippen LogP contribution is -2.50. The van der Waals surface area contributed by atoms with Gasteiger partial charge in [-0.2, -0.15) is 0 Å². The van der Waals surface area contributed by atoms with Gasteiger partial charge in [0.1, 0.15) is 11.6 Å². The van der Waals surface area contributed by atoms with E-state index in [0.29, 0.717) is 25.6 Å². The number of fused-ring (bicyclic) bond motifs is 4. The van der Waals surface area contributed by atoms with Crippen molar-refractivity contribution < 1.29 is 14.3 Å². The summed E-state index contributed by atoms with van der Waals surface area (Å²) in [5.74, 6) is 2.51. The normalized spacial score (nSPS) is 23.6. The van der Waals surface area contributed by atoms with Crippen molar-refractivity contribution in [2.75, 3.05) is 39.3 Å². The topological polar surface area (TPSA) is 80.7 Å². The van der Waals surface area contributed by atoms with E-state index in [-0.39, 0.29) is 12.1 Å². The fourth-order valence-corrected chi connectivity index (χ4v) is 5.50. The van der Waals surface area contributed by atoms with E-state index < -0.39 is 5.60 Å². The van der Waals surface area contributed by atoms with Gasteiger partial charge in [-0.25, -0.2) is 9.78 Å². The monoisotopic (exact) mass is 451 g/mol. The molecule has 8 heteroatoms. The zero-order valence-electron chi connectivity index (χ0n) is 19.5. The van der Waals surface area contributed by atoms with Gasteiger partial charge in [0.25, 0.3) is 0 Å². The van der Waals surface area contributed by atoms with E-state index in [9.17, 15) is 4.79 Å². The fourth-order valence-electron chi connectivity index (χ4n) is 5.50. The molecule has 1 aliphatic carbocycles. The Labute approximate surface area is 194 Å². The smallest absolute Gasteiger partial charge is 0.409 e. The molecule has 3 fully saturated rings. The van der Waals surface area contributed by atoms with E-state index in [2.05, 4.69) is 47.4 Å². The quantitative estimate of drug-likeness (QED) is 0.747. The van der Waals surface area contributed by atoms with Crippen molar-refractivity contribution in [3.05, 3.63) is 35.3 Å². The van der Waals surface area contributed by atoms with Crippen LogP contribution < -0.4 is 15.4 Å². The number of hydrogen-bond acceptors (Lipinski definition) is 6. The van der Waals surface area contributed by atoms with Gasteiger partial charge in [0.15, 0.2) is 5.60 Å². The first kappa shape index (κ1) is 21.0. The number of nitrogens with one attached hydrogen (secondary N) is 2. The maximum Gasteiger partial charge on any atom is 0.409 e. The maximum atomic E-state index is 12.6. The van der Waals surface area contributed by atoms with Gasteiger partial charge < -0.3 is 29.6 Å². The van der Waals surface area contributed by atoms with Gasteiger partial charge in [0, 0.05) is 58.2 Å². The molecule has 4 heterocycles. The molecule has 3 aliphatic heterocycles. The number of piperazine rings is 1. The third-order valence-electron chi connectivity index (χ3n) is 7.58. The third-order valence-corrected chi connectivity index (χ3v) is 7.58. The van der Waals surface area contributed by atoms with Crippen LogP contribution in [0.2, 0.25) is 0 Å². The highest BCUT2D eigenvalue weighted by atomic mass is 16.6. The number of aromatic nitrogens is 2. The zero-order valence-corrected chi connectivity index (χ0v) is 19.5. The Bertz CT molecular complexity index is 1060. The standard InChI is InChI=1S/C25H33N5O3/c1-16-3-6-18-20(13-16)33-25(7-11-30(12-8-25)24(31)32-15-17-4-5-17)22-21(18)28-23(29(22)2)19-14-26-9-10-27-19/h3,6,13,17,19,26-27H,4-5,7-12,14-15H2,1-2H3. The molecule has 33 heavy (non-hydrogen) atoms. The first-order valence-corrected chi connectivity index (χ1v) is 12.3. The van der Waals surface area contributed by atoms with Crippen molar-refractivity contribution in [3.63, 3.8) is 0 Å². The molecule has 176 valence electrons. The van der Waals surface area contributed by atoms with E-state index in [0.717, 1.165) is 61.0 Å². The Morgan fingerprint density at radius 3 is 2.82 bits per heavy atom. The molecule has 1 atom stereocenters. The molecule has 1 saturated carbocycles. The molecule has 1 amide bonds. The Hall–Kier alpha value is -2.58. The minimum absolute atomic E-state index is 0.165. The van der Waals surface area contributed by atoms with Crippen molar-refractivity contribution in [3.8, 4) is 17.0 Å². The summed E-state index contributed by atoms with van der Waals surface area (Å²) in [4.78, 5) is 19.6. The molecule has 1 unspecified atom stereocenters. The predicted molar refractivity (Wildman–Crippen MR) is 124 cm³/mol. The second kappa shape index (κ2) is 8.02. The number of ether oxygens (including phenoxy) is 2. The van der Waals surface area contributed by atoms with Crippen molar-refractivity contribution in [1.82, 2.24) is 25.1 Å². The molecular weight excluding hydrogens is 418 g/mol. The highest BCUT2D eigenvalue weighted by molar-refractivity contribution is 5.74. The van der Waals surface area contributed by atoms with Gasteiger partial charge in [-0.15, -0.1) is 0 Å². The molecule has 8 nitrogen and oxygen atoms in total. The molecule has 0 bridgehead atoms. The summed E-state index contributed by atoms with van der Waals surface area (Å²) in [7, 11) is 2.11. The molecule has 2 N–H and O–H groups in total. The summed E-state index contributed by atoms with van der Waals surface area (Å²) in [6.45, 7) is 6.65. The number of imidazole rings is 1. The number of likely N-dealkylation sites (tertiary alicyclic amines) is 1. The molecule has 1 aromatic carbocycles. The van der Waals surface area contributed by atoms with Crippen molar-refractivity contribution in [2.24, 2.45) is 13.0 Å². The predicted octanol–water partition coefficient (Wildman–Crippen LogP) is 2.86. The van der Waals surface area contributed by atoms with Gasteiger partial charge in [0.2, 0.25) is 0 Å². The van der Waals surface area contributed by atoms with Gasteiger partial charge in [0.05, 0.1) is 24.0 Å². The number of carbonyl (C=O) groups excluding carboxylic acids is 1. The molecule has 2 saturated heterocycles. The summed E-state index contributed by atoms with van der Waals surface area (Å²) in [6.07, 6.45) is 3.62. The van der Waals surface area contributed by atoms with Gasteiger partial charge in [-0.3, -0.25) is 0 Å². The van der Waals surface area contributed by atoms with Crippen LogP contribution in [0.1, 0.15) is 48.8 Å². The Balaban J connectivity index is 1.33. The van der Waals surface area contributed by atoms with Gasteiger partial charge in [-0.05, 0) is 43.4 Å². The molecule has 6 rings (SSSR count). The second-order valence-electron chi connectivity index (χ2n) is 10.0. The molecule has 4 aliphatic rings. The Morgan fingerprint density at radius 2 is 2.09 bits per heavy atom. The van der Waals surface area contributed by atoms with E-state index >= 15 is 0 Å². The lowest BCUT2D eigenvalue weighted by atomic mass is 9.83. The largest absolute Gasteiger partial charge is 0.480 e. The van der Waals surface area contributed by atoms with E-state index in [1.54, 1.807) is 0 Å². The molecule has 1 spiro atoms. The van der Waals surface area contributed by atoms with Crippen LogP contribution in [0.25, 0.3) is 11.3 Å².